The minimum Gasteiger partial charge on any atom is -0.477 e. The number of carbonyl (C=O) groups excluding carboxylic acids is 1. The lowest BCUT2D eigenvalue weighted by Gasteiger charge is -2.44. The molecule has 0 radical (unpaired) electrons. The Morgan fingerprint density at radius 3 is 2.95 bits per heavy atom. The van der Waals surface area contributed by atoms with Crippen molar-refractivity contribution in [3.05, 3.63) is 10.6 Å². The zero-order valence-corrected chi connectivity index (χ0v) is 13.5. The number of aliphatic hydroxyl groups excluding tert-OH is 1. The molecule has 0 bridgehead atoms. The van der Waals surface area contributed by atoms with E-state index in [1.54, 1.807) is 13.3 Å². The van der Waals surface area contributed by atoms with Crippen LogP contribution in [0.3, 0.4) is 0 Å². The second kappa shape index (κ2) is 7.15. The third-order valence-electron chi connectivity index (χ3n) is 3.77. The van der Waals surface area contributed by atoms with Gasteiger partial charge in [0, 0.05) is 23.6 Å². The fourth-order valence-electron chi connectivity index (χ4n) is 2.80. The van der Waals surface area contributed by atoms with E-state index in [1.807, 2.05) is 6.92 Å². The quantitative estimate of drug-likeness (QED) is 0.256. The molecule has 1 amide bonds. The van der Waals surface area contributed by atoms with Crippen molar-refractivity contribution >= 4 is 30.0 Å². The van der Waals surface area contributed by atoms with Crippen LogP contribution in [0.2, 0.25) is 0 Å². The van der Waals surface area contributed by atoms with Crippen molar-refractivity contribution in [3.63, 3.8) is 0 Å². The van der Waals surface area contributed by atoms with E-state index in [2.05, 4.69) is 10.3 Å². The standard InChI is InChI=1S/C14H21N3O4S/c1-3-15-7-16-4-5-22-10-6-9-11(8(2)18)13(19)17(9)12(10)14(20)21/h7-9,11,18H,3-6H2,1-2H3,(H,15,16)(H,20,21)/t8-,9-,11-/m1/s1. The number of rotatable bonds is 8. The molecular weight excluding hydrogens is 306 g/mol. The maximum Gasteiger partial charge on any atom is 0.353 e. The third kappa shape index (κ3) is 3.12. The average molecular weight is 327 g/mol. The fraction of sp³-hybridized carbons (Fsp3) is 0.643. The van der Waals surface area contributed by atoms with Crippen molar-refractivity contribution in [2.45, 2.75) is 32.4 Å². The lowest BCUT2D eigenvalue weighted by atomic mass is 9.83. The Bertz CT molecular complexity index is 518. The molecule has 7 nitrogen and oxygen atoms in total. The number of carbonyl (C=O) groups is 2. The number of aliphatic hydroxyl groups is 1. The third-order valence-corrected chi connectivity index (χ3v) is 4.87. The second-order valence-corrected chi connectivity index (χ2v) is 6.45. The summed E-state index contributed by atoms with van der Waals surface area (Å²) in [7, 11) is 0. The summed E-state index contributed by atoms with van der Waals surface area (Å²) in [5.41, 5.74) is 0.0764. The molecule has 2 aliphatic heterocycles. The number of amides is 1. The molecule has 0 spiro atoms. The Kier molecular flexibility index (Phi) is 5.47. The van der Waals surface area contributed by atoms with Gasteiger partial charge < -0.3 is 20.4 Å². The van der Waals surface area contributed by atoms with Gasteiger partial charge in [-0.1, -0.05) is 0 Å². The first-order chi connectivity index (χ1) is 10.5. The van der Waals surface area contributed by atoms with E-state index >= 15 is 0 Å². The summed E-state index contributed by atoms with van der Waals surface area (Å²) in [6.07, 6.45) is 1.39. The van der Waals surface area contributed by atoms with E-state index in [0.29, 0.717) is 23.6 Å². The average Bonchev–Trinajstić information content (AvgIpc) is 2.77. The van der Waals surface area contributed by atoms with Gasteiger partial charge in [0.2, 0.25) is 5.91 Å². The molecule has 0 unspecified atom stereocenters. The number of aliphatic imine (C=N–C) groups is 1. The number of carboxylic acid groups (broad SMARTS) is 1. The highest BCUT2D eigenvalue weighted by Crippen LogP contribution is 2.46. The van der Waals surface area contributed by atoms with Gasteiger partial charge in [0.1, 0.15) is 5.70 Å². The van der Waals surface area contributed by atoms with Crippen LogP contribution < -0.4 is 5.32 Å². The van der Waals surface area contributed by atoms with Crippen LogP contribution >= 0.6 is 11.8 Å². The molecule has 0 aromatic heterocycles. The number of hydrogen-bond donors (Lipinski definition) is 3. The molecule has 122 valence electrons. The Labute approximate surface area is 133 Å². The Morgan fingerprint density at radius 1 is 1.64 bits per heavy atom. The van der Waals surface area contributed by atoms with E-state index in [-0.39, 0.29) is 17.6 Å². The molecule has 0 aliphatic carbocycles. The van der Waals surface area contributed by atoms with E-state index < -0.39 is 18.0 Å². The molecule has 0 aromatic carbocycles. The summed E-state index contributed by atoms with van der Waals surface area (Å²) in [6.45, 7) is 4.93. The summed E-state index contributed by atoms with van der Waals surface area (Å²) >= 11 is 1.42. The van der Waals surface area contributed by atoms with Gasteiger partial charge in [0.25, 0.3) is 0 Å². The predicted molar refractivity (Wildman–Crippen MR) is 84.6 cm³/mol. The van der Waals surface area contributed by atoms with Crippen molar-refractivity contribution in [1.29, 1.82) is 0 Å². The first-order valence-corrected chi connectivity index (χ1v) is 8.29. The fourth-order valence-corrected chi connectivity index (χ4v) is 3.86. The lowest BCUT2D eigenvalue weighted by Crippen LogP contribution is -2.61. The van der Waals surface area contributed by atoms with Crippen molar-refractivity contribution in [3.8, 4) is 0 Å². The van der Waals surface area contributed by atoms with E-state index in [9.17, 15) is 19.8 Å². The van der Waals surface area contributed by atoms with Crippen LogP contribution in [0.1, 0.15) is 20.3 Å². The highest BCUT2D eigenvalue weighted by Gasteiger charge is 2.56. The van der Waals surface area contributed by atoms with Crippen LogP contribution in [-0.4, -0.2) is 64.3 Å². The normalized spacial score (nSPS) is 25.4. The van der Waals surface area contributed by atoms with E-state index in [4.69, 9.17) is 0 Å². The molecule has 2 rings (SSSR count). The predicted octanol–water partition coefficient (Wildman–Crippen LogP) is 0.265. The Balaban J connectivity index is 1.98. The number of nitrogens with zero attached hydrogens (tertiary/aromatic N) is 2. The minimum absolute atomic E-state index is 0.0764. The Morgan fingerprint density at radius 2 is 2.36 bits per heavy atom. The van der Waals surface area contributed by atoms with Crippen LogP contribution in [0.25, 0.3) is 0 Å². The van der Waals surface area contributed by atoms with E-state index in [0.717, 1.165) is 6.54 Å². The first kappa shape index (κ1) is 16.8. The zero-order valence-electron chi connectivity index (χ0n) is 12.7. The van der Waals surface area contributed by atoms with Gasteiger partial charge in [0.15, 0.2) is 0 Å². The maximum absolute atomic E-state index is 12.0. The number of carboxylic acids is 1. The highest BCUT2D eigenvalue weighted by atomic mass is 32.2. The monoisotopic (exact) mass is 327 g/mol. The number of thioether (sulfide) groups is 1. The number of β-lactam (4-membered cyclic amide) rings is 1. The largest absolute Gasteiger partial charge is 0.477 e. The van der Waals surface area contributed by atoms with Gasteiger partial charge in [-0.3, -0.25) is 9.79 Å². The number of aliphatic carboxylic acids is 1. The SMILES string of the molecule is CCNC=NCCSC1=C(C(=O)O)N2C(=O)[C@H]([C@@H](C)O)[C@H]2C1. The molecule has 1 saturated heterocycles. The Hall–Kier alpha value is -1.54. The topological polar surface area (TPSA) is 102 Å². The highest BCUT2D eigenvalue weighted by molar-refractivity contribution is 8.03. The van der Waals surface area contributed by atoms with Crippen LogP contribution in [0.4, 0.5) is 0 Å². The van der Waals surface area contributed by atoms with Crippen LogP contribution in [0, 0.1) is 5.92 Å². The van der Waals surface area contributed by atoms with Crippen LogP contribution in [-0.2, 0) is 9.59 Å². The van der Waals surface area contributed by atoms with E-state index in [1.165, 1.54) is 16.7 Å². The minimum atomic E-state index is -1.08. The molecular formula is C14H21N3O4S. The summed E-state index contributed by atoms with van der Waals surface area (Å²) in [5.74, 6) is -1.21. The first-order valence-electron chi connectivity index (χ1n) is 7.31. The summed E-state index contributed by atoms with van der Waals surface area (Å²) in [6, 6.07) is -0.216. The van der Waals surface area contributed by atoms with Gasteiger partial charge in [-0.2, -0.15) is 0 Å². The van der Waals surface area contributed by atoms with Crippen molar-refractivity contribution in [2.24, 2.45) is 10.9 Å². The van der Waals surface area contributed by atoms with Gasteiger partial charge in [-0.05, 0) is 13.8 Å². The maximum atomic E-state index is 12.0. The smallest absolute Gasteiger partial charge is 0.353 e. The number of nitrogens with one attached hydrogen (secondary N) is 1. The summed E-state index contributed by atoms with van der Waals surface area (Å²) in [5, 5.41) is 22.0. The van der Waals surface area contributed by atoms with Gasteiger partial charge in [-0.15, -0.1) is 11.8 Å². The van der Waals surface area contributed by atoms with Crippen LogP contribution in [0.5, 0.6) is 0 Å². The van der Waals surface area contributed by atoms with Crippen molar-refractivity contribution in [1.82, 2.24) is 10.2 Å². The van der Waals surface area contributed by atoms with Gasteiger partial charge in [0.05, 0.1) is 30.9 Å². The molecule has 0 saturated carbocycles. The molecule has 3 atom stereocenters. The molecule has 22 heavy (non-hydrogen) atoms. The number of fused-ring (bicyclic) bond motifs is 1. The summed E-state index contributed by atoms with van der Waals surface area (Å²) in [4.78, 5) is 29.6. The molecule has 2 heterocycles. The van der Waals surface area contributed by atoms with Gasteiger partial charge in [-0.25, -0.2) is 4.79 Å². The summed E-state index contributed by atoms with van der Waals surface area (Å²) < 4.78 is 0. The molecule has 0 aromatic rings. The van der Waals surface area contributed by atoms with Crippen molar-refractivity contribution in [2.75, 3.05) is 18.8 Å². The molecule has 1 fully saturated rings. The molecule has 2 aliphatic rings. The molecule has 3 N–H and O–H groups in total. The van der Waals surface area contributed by atoms with Gasteiger partial charge >= 0.3 is 5.97 Å². The zero-order chi connectivity index (χ0) is 16.3. The molecule has 8 heteroatoms. The number of hydrogen-bond acceptors (Lipinski definition) is 5. The second-order valence-electron chi connectivity index (χ2n) is 5.26. The lowest BCUT2D eigenvalue weighted by molar-refractivity contribution is -0.161. The van der Waals surface area contributed by atoms with Crippen molar-refractivity contribution < 1.29 is 19.8 Å². The van der Waals surface area contributed by atoms with Crippen LogP contribution in [0.15, 0.2) is 15.6 Å².